The molecule has 0 fully saturated rings. The molecule has 0 bridgehead atoms. The van der Waals surface area contributed by atoms with Gasteiger partial charge in [-0.1, -0.05) is 51.0 Å². The summed E-state index contributed by atoms with van der Waals surface area (Å²) in [5.41, 5.74) is 1.92. The highest BCUT2D eigenvalue weighted by Crippen LogP contribution is 2.14. The second kappa shape index (κ2) is 9.32. The summed E-state index contributed by atoms with van der Waals surface area (Å²) in [6.45, 7) is 4.65. The number of allylic oxidation sites excluding steroid dienone is 5. The molecular formula is C18H27NO2. The number of ketones is 1. The first-order valence-electron chi connectivity index (χ1n) is 7.91. The number of rotatable bonds is 8. The van der Waals surface area contributed by atoms with Gasteiger partial charge < -0.3 is 4.90 Å². The number of carbonyl (C=O) groups is 2. The number of hydrogen-bond donors (Lipinski definition) is 0. The van der Waals surface area contributed by atoms with Crippen molar-refractivity contribution in [3.8, 4) is 0 Å². The molecule has 0 aromatic heterocycles. The van der Waals surface area contributed by atoms with Crippen molar-refractivity contribution in [2.45, 2.75) is 52.4 Å². The van der Waals surface area contributed by atoms with Crippen LogP contribution in [0.1, 0.15) is 52.4 Å². The Hall–Kier alpha value is -1.64. The number of nitrogens with zero attached hydrogens (tertiary/aromatic N) is 1. The molecule has 1 aliphatic carbocycles. The van der Waals surface area contributed by atoms with E-state index in [0.29, 0.717) is 19.4 Å². The second-order valence-corrected chi connectivity index (χ2v) is 5.54. The summed E-state index contributed by atoms with van der Waals surface area (Å²) in [7, 11) is 1.85. The fourth-order valence-electron chi connectivity index (χ4n) is 2.29. The molecule has 0 radical (unpaired) electrons. The number of unbranched alkanes of at least 4 members (excludes halogenated alkanes) is 2. The fraction of sp³-hybridized carbons (Fsp3) is 0.556. The van der Waals surface area contributed by atoms with Crippen molar-refractivity contribution in [1.29, 1.82) is 0 Å². The van der Waals surface area contributed by atoms with E-state index < -0.39 is 0 Å². The Kier molecular flexibility index (Phi) is 7.73. The van der Waals surface area contributed by atoms with Gasteiger partial charge in [0.25, 0.3) is 0 Å². The molecule has 0 saturated carbocycles. The first-order valence-corrected chi connectivity index (χ1v) is 7.91. The maximum atomic E-state index is 12.0. The molecule has 1 aliphatic rings. The predicted molar refractivity (Wildman–Crippen MR) is 87.0 cm³/mol. The molecule has 0 unspecified atom stereocenters. The van der Waals surface area contributed by atoms with Gasteiger partial charge in [-0.25, -0.2) is 0 Å². The van der Waals surface area contributed by atoms with Crippen molar-refractivity contribution in [3.63, 3.8) is 0 Å². The molecule has 0 atom stereocenters. The average Bonchev–Trinajstić information content (AvgIpc) is 2.72. The minimum Gasteiger partial charge on any atom is -0.342 e. The topological polar surface area (TPSA) is 37.4 Å². The highest BCUT2D eigenvalue weighted by molar-refractivity contribution is 5.98. The van der Waals surface area contributed by atoms with Gasteiger partial charge in [-0.05, 0) is 18.4 Å². The molecule has 1 rings (SSSR count). The molecule has 0 heterocycles. The highest BCUT2D eigenvalue weighted by atomic mass is 16.2. The summed E-state index contributed by atoms with van der Waals surface area (Å²) in [6, 6.07) is 0. The number of likely N-dealkylation sites (N-methyl/N-ethyl adjacent to an activating group) is 1. The lowest BCUT2D eigenvalue weighted by molar-refractivity contribution is -0.129. The van der Waals surface area contributed by atoms with E-state index in [0.717, 1.165) is 36.8 Å². The third kappa shape index (κ3) is 6.11. The lowest BCUT2D eigenvalue weighted by Crippen LogP contribution is -2.28. The minimum absolute atomic E-state index is 0.160. The van der Waals surface area contributed by atoms with Crippen LogP contribution in [0.25, 0.3) is 0 Å². The van der Waals surface area contributed by atoms with Crippen LogP contribution < -0.4 is 0 Å². The van der Waals surface area contributed by atoms with Crippen LogP contribution in [0.15, 0.2) is 35.5 Å². The number of carbonyl (C=O) groups excluding carboxylic acids is 2. The zero-order valence-corrected chi connectivity index (χ0v) is 13.5. The van der Waals surface area contributed by atoms with Crippen LogP contribution in [0, 0.1) is 0 Å². The van der Waals surface area contributed by atoms with Gasteiger partial charge in [-0.3, -0.25) is 9.59 Å². The van der Waals surface area contributed by atoms with E-state index in [-0.39, 0.29) is 11.7 Å². The molecule has 116 valence electrons. The molecule has 0 saturated heterocycles. The predicted octanol–water partition coefficient (Wildman–Crippen LogP) is 3.82. The number of amides is 1. The van der Waals surface area contributed by atoms with Gasteiger partial charge in [0.05, 0.1) is 0 Å². The van der Waals surface area contributed by atoms with Crippen LogP contribution in [0.3, 0.4) is 0 Å². The summed E-state index contributed by atoms with van der Waals surface area (Å²) >= 11 is 0. The van der Waals surface area contributed by atoms with Gasteiger partial charge in [-0.15, -0.1) is 0 Å². The Morgan fingerprint density at radius 2 is 1.95 bits per heavy atom. The standard InChI is InChI=1S/C18H27NO2/c1-4-6-7-11-18(21)19(3)14-15-9-8-10-16(13-12-15)17(20)5-2/h8,10,12-13H,4-7,9,11,14H2,1-3H3. The van der Waals surface area contributed by atoms with E-state index in [1.165, 1.54) is 0 Å². The molecule has 0 N–H and O–H groups in total. The van der Waals surface area contributed by atoms with Crippen LogP contribution in [-0.2, 0) is 9.59 Å². The van der Waals surface area contributed by atoms with E-state index in [2.05, 4.69) is 6.92 Å². The van der Waals surface area contributed by atoms with Crippen LogP contribution in [-0.4, -0.2) is 30.2 Å². The largest absolute Gasteiger partial charge is 0.342 e. The maximum absolute atomic E-state index is 12.0. The first-order chi connectivity index (χ1) is 10.1. The van der Waals surface area contributed by atoms with Crippen molar-refractivity contribution in [3.05, 3.63) is 35.5 Å². The van der Waals surface area contributed by atoms with Crippen molar-refractivity contribution >= 4 is 11.7 Å². The van der Waals surface area contributed by atoms with Gasteiger partial charge in [0, 0.05) is 32.0 Å². The van der Waals surface area contributed by atoms with E-state index >= 15 is 0 Å². The third-order valence-electron chi connectivity index (χ3n) is 3.68. The summed E-state index contributed by atoms with van der Waals surface area (Å²) < 4.78 is 0. The highest BCUT2D eigenvalue weighted by Gasteiger charge is 2.11. The number of hydrogen-bond acceptors (Lipinski definition) is 2. The van der Waals surface area contributed by atoms with E-state index in [1.54, 1.807) is 4.90 Å². The van der Waals surface area contributed by atoms with Crippen molar-refractivity contribution in [2.75, 3.05) is 13.6 Å². The smallest absolute Gasteiger partial charge is 0.222 e. The van der Waals surface area contributed by atoms with E-state index in [4.69, 9.17) is 0 Å². The summed E-state index contributed by atoms with van der Waals surface area (Å²) in [5.74, 6) is 0.360. The van der Waals surface area contributed by atoms with Gasteiger partial charge in [-0.2, -0.15) is 0 Å². The Balaban J connectivity index is 2.56. The van der Waals surface area contributed by atoms with Crippen molar-refractivity contribution < 1.29 is 9.59 Å². The molecule has 0 aliphatic heterocycles. The molecule has 0 aromatic rings. The van der Waals surface area contributed by atoms with Crippen molar-refractivity contribution in [2.24, 2.45) is 0 Å². The van der Waals surface area contributed by atoms with Gasteiger partial charge in [0.1, 0.15) is 0 Å². The zero-order chi connectivity index (χ0) is 15.7. The summed E-state index contributed by atoms with van der Waals surface area (Å²) in [6.07, 6.45) is 12.9. The molecular weight excluding hydrogens is 262 g/mol. The second-order valence-electron chi connectivity index (χ2n) is 5.54. The Labute approximate surface area is 128 Å². The van der Waals surface area contributed by atoms with Crippen LogP contribution >= 0.6 is 0 Å². The fourth-order valence-corrected chi connectivity index (χ4v) is 2.29. The minimum atomic E-state index is 0.160. The molecule has 21 heavy (non-hydrogen) atoms. The Bertz CT molecular complexity index is 458. The van der Waals surface area contributed by atoms with Gasteiger partial charge in [0.15, 0.2) is 5.78 Å². The normalized spacial score (nSPS) is 14.2. The quantitative estimate of drug-likeness (QED) is 0.637. The Morgan fingerprint density at radius 1 is 1.19 bits per heavy atom. The Morgan fingerprint density at radius 3 is 2.62 bits per heavy atom. The van der Waals surface area contributed by atoms with Gasteiger partial charge >= 0.3 is 0 Å². The average molecular weight is 289 g/mol. The lowest BCUT2D eigenvalue weighted by Gasteiger charge is -2.18. The first kappa shape index (κ1) is 17.4. The van der Waals surface area contributed by atoms with E-state index in [9.17, 15) is 9.59 Å². The van der Waals surface area contributed by atoms with Gasteiger partial charge in [0.2, 0.25) is 5.91 Å². The molecule has 0 spiro atoms. The third-order valence-corrected chi connectivity index (χ3v) is 3.68. The molecule has 1 amide bonds. The SMILES string of the molecule is CCCCCC(=O)N(C)CC1=CC=C(C(=O)CC)C=CC1. The number of Topliss-reactive ketones (excluding diaryl/α,β-unsaturated/α-hetero) is 1. The van der Waals surface area contributed by atoms with Crippen molar-refractivity contribution in [1.82, 2.24) is 4.90 Å². The molecule has 0 aromatic carbocycles. The summed E-state index contributed by atoms with van der Waals surface area (Å²) in [4.78, 5) is 25.5. The molecule has 3 nitrogen and oxygen atoms in total. The summed E-state index contributed by atoms with van der Waals surface area (Å²) in [5, 5.41) is 0. The van der Waals surface area contributed by atoms with Crippen LogP contribution in [0.4, 0.5) is 0 Å². The van der Waals surface area contributed by atoms with Crippen LogP contribution in [0.5, 0.6) is 0 Å². The van der Waals surface area contributed by atoms with Crippen LogP contribution in [0.2, 0.25) is 0 Å². The van der Waals surface area contributed by atoms with E-state index in [1.807, 2.05) is 38.3 Å². The zero-order valence-electron chi connectivity index (χ0n) is 13.5. The lowest BCUT2D eigenvalue weighted by atomic mass is 10.1. The maximum Gasteiger partial charge on any atom is 0.222 e. The molecule has 3 heteroatoms. The monoisotopic (exact) mass is 289 g/mol.